The summed E-state index contributed by atoms with van der Waals surface area (Å²) < 4.78 is 4.74. The zero-order valence-corrected chi connectivity index (χ0v) is 8.49. The zero-order valence-electron chi connectivity index (χ0n) is 7.67. The van der Waals surface area contributed by atoms with Gasteiger partial charge in [0.25, 0.3) is 0 Å². The average molecular weight is 228 g/mol. The average Bonchev–Trinajstić information content (AvgIpc) is 2.77. The molecule has 2 rings (SSSR count). The maximum absolute atomic E-state index is 11.1. The van der Waals surface area contributed by atoms with E-state index < -0.39 is 5.97 Å². The predicted octanol–water partition coefficient (Wildman–Crippen LogP) is 0.794. The molecule has 0 spiro atoms. The summed E-state index contributed by atoms with van der Waals surface area (Å²) in [6, 6.07) is 0. The van der Waals surface area contributed by atoms with Gasteiger partial charge >= 0.3 is 12.1 Å². The van der Waals surface area contributed by atoms with E-state index in [1.807, 2.05) is 0 Å². The van der Waals surface area contributed by atoms with E-state index in [0.29, 0.717) is 25.4 Å². The molecule has 15 heavy (non-hydrogen) atoms. The van der Waals surface area contributed by atoms with E-state index in [4.69, 9.17) is 9.84 Å². The van der Waals surface area contributed by atoms with Crippen molar-refractivity contribution in [1.29, 1.82) is 0 Å². The zero-order chi connectivity index (χ0) is 10.8. The first-order chi connectivity index (χ1) is 7.16. The summed E-state index contributed by atoms with van der Waals surface area (Å²) >= 11 is 1.05. The van der Waals surface area contributed by atoms with Gasteiger partial charge in [-0.15, -0.1) is 11.3 Å². The van der Waals surface area contributed by atoms with Crippen LogP contribution in [0.5, 0.6) is 0 Å². The topological polar surface area (TPSA) is 79.7 Å². The smallest absolute Gasteiger partial charge is 0.410 e. The van der Waals surface area contributed by atoms with Gasteiger partial charge in [-0.05, 0) is 0 Å². The van der Waals surface area contributed by atoms with Crippen LogP contribution < -0.4 is 0 Å². The molecule has 1 aliphatic rings. The first-order valence-corrected chi connectivity index (χ1v) is 5.14. The number of hydrogen-bond acceptors (Lipinski definition) is 5. The number of rotatable bonds is 3. The van der Waals surface area contributed by atoms with Gasteiger partial charge < -0.3 is 9.84 Å². The highest BCUT2D eigenvalue weighted by Crippen LogP contribution is 2.14. The molecule has 0 unspecified atom stereocenters. The van der Waals surface area contributed by atoms with Gasteiger partial charge in [-0.3, -0.25) is 4.90 Å². The van der Waals surface area contributed by atoms with Gasteiger partial charge in [0.15, 0.2) is 0 Å². The van der Waals surface area contributed by atoms with Gasteiger partial charge in [0.2, 0.25) is 5.01 Å². The van der Waals surface area contributed by atoms with Gasteiger partial charge in [0, 0.05) is 5.38 Å². The second kappa shape index (κ2) is 3.85. The van der Waals surface area contributed by atoms with Crippen molar-refractivity contribution < 1.29 is 19.4 Å². The number of hydrogen-bond donors (Lipinski definition) is 1. The first kappa shape index (κ1) is 9.91. The number of carboxylic acids is 1. The van der Waals surface area contributed by atoms with Gasteiger partial charge in [-0.25, -0.2) is 14.6 Å². The fourth-order valence-electron chi connectivity index (χ4n) is 1.24. The molecule has 2 heterocycles. The molecule has 0 aliphatic carbocycles. The second-order valence-electron chi connectivity index (χ2n) is 2.99. The molecule has 0 saturated carbocycles. The summed E-state index contributed by atoms with van der Waals surface area (Å²) in [5.41, 5.74) is 0.580. The van der Waals surface area contributed by atoms with Gasteiger partial charge in [0.1, 0.15) is 6.61 Å². The van der Waals surface area contributed by atoms with Gasteiger partial charge in [-0.2, -0.15) is 0 Å². The quantitative estimate of drug-likeness (QED) is 0.827. The Hall–Kier alpha value is -1.63. The minimum absolute atomic E-state index is 0.0394. The number of nitrogens with zero attached hydrogens (tertiary/aromatic N) is 2. The van der Waals surface area contributed by atoms with Crippen LogP contribution in [0, 0.1) is 0 Å². The van der Waals surface area contributed by atoms with Crippen LogP contribution in [0.3, 0.4) is 0 Å². The number of amides is 1. The SMILES string of the molecule is O=C(O)c1nc(CN2CCOC2=O)cs1. The Morgan fingerprint density at radius 1 is 1.73 bits per heavy atom. The largest absolute Gasteiger partial charge is 0.476 e. The van der Waals surface area contributed by atoms with E-state index in [-0.39, 0.29) is 11.1 Å². The summed E-state index contributed by atoms with van der Waals surface area (Å²) in [7, 11) is 0. The van der Waals surface area contributed by atoms with Crippen molar-refractivity contribution in [2.24, 2.45) is 0 Å². The predicted molar refractivity (Wildman–Crippen MR) is 50.8 cm³/mol. The lowest BCUT2D eigenvalue weighted by molar-refractivity contribution is 0.0696. The Labute approximate surface area is 89.1 Å². The fourth-order valence-corrected chi connectivity index (χ4v) is 1.89. The van der Waals surface area contributed by atoms with E-state index in [0.717, 1.165) is 11.3 Å². The highest BCUT2D eigenvalue weighted by Gasteiger charge is 2.23. The Morgan fingerprint density at radius 3 is 3.07 bits per heavy atom. The van der Waals surface area contributed by atoms with Crippen LogP contribution in [-0.4, -0.2) is 40.2 Å². The first-order valence-electron chi connectivity index (χ1n) is 4.26. The molecule has 80 valence electrons. The number of carboxylic acid groups (broad SMARTS) is 1. The number of cyclic esters (lactones) is 1. The van der Waals surface area contributed by atoms with Crippen LogP contribution in [0.15, 0.2) is 5.38 Å². The number of carbonyl (C=O) groups excluding carboxylic acids is 1. The molecule has 6 nitrogen and oxygen atoms in total. The lowest BCUT2D eigenvalue weighted by atomic mass is 10.4. The van der Waals surface area contributed by atoms with Crippen LogP contribution in [0.4, 0.5) is 4.79 Å². The van der Waals surface area contributed by atoms with E-state index >= 15 is 0 Å². The lowest BCUT2D eigenvalue weighted by Crippen LogP contribution is -2.23. The second-order valence-corrected chi connectivity index (χ2v) is 3.84. The van der Waals surface area contributed by atoms with Crippen LogP contribution in [0.2, 0.25) is 0 Å². The molecule has 1 aromatic heterocycles. The number of aromatic carboxylic acids is 1. The molecule has 7 heteroatoms. The van der Waals surface area contributed by atoms with Crippen molar-refractivity contribution in [2.45, 2.75) is 6.54 Å². The molecule has 0 aromatic carbocycles. The summed E-state index contributed by atoms with van der Waals surface area (Å²) in [5.74, 6) is -1.05. The minimum atomic E-state index is -1.05. The Bertz CT molecular complexity index is 403. The third-order valence-corrected chi connectivity index (χ3v) is 2.81. The van der Waals surface area contributed by atoms with E-state index in [9.17, 15) is 9.59 Å². The molecule has 1 saturated heterocycles. The van der Waals surface area contributed by atoms with Gasteiger partial charge in [-0.1, -0.05) is 0 Å². The molecule has 1 fully saturated rings. The van der Waals surface area contributed by atoms with Crippen molar-refractivity contribution in [2.75, 3.05) is 13.2 Å². The van der Waals surface area contributed by atoms with Crippen LogP contribution in [0.25, 0.3) is 0 Å². The number of carbonyl (C=O) groups is 2. The van der Waals surface area contributed by atoms with Crippen molar-refractivity contribution >= 4 is 23.4 Å². The molecule has 0 bridgehead atoms. The maximum atomic E-state index is 11.1. The van der Waals surface area contributed by atoms with Gasteiger partial charge in [0.05, 0.1) is 18.8 Å². The molecule has 1 amide bonds. The Balaban J connectivity index is 2.04. The Morgan fingerprint density at radius 2 is 2.53 bits per heavy atom. The highest BCUT2D eigenvalue weighted by atomic mass is 32.1. The van der Waals surface area contributed by atoms with Crippen molar-refractivity contribution in [1.82, 2.24) is 9.88 Å². The third-order valence-electron chi connectivity index (χ3n) is 1.93. The summed E-state index contributed by atoms with van der Waals surface area (Å²) in [6.45, 7) is 1.22. The summed E-state index contributed by atoms with van der Waals surface area (Å²) in [6.07, 6.45) is -0.375. The number of thiazole rings is 1. The summed E-state index contributed by atoms with van der Waals surface area (Å²) in [5, 5.41) is 10.3. The van der Waals surface area contributed by atoms with Crippen molar-refractivity contribution in [3.63, 3.8) is 0 Å². The molecule has 1 N–H and O–H groups in total. The van der Waals surface area contributed by atoms with Crippen molar-refractivity contribution in [3.8, 4) is 0 Å². The van der Waals surface area contributed by atoms with Crippen molar-refractivity contribution in [3.05, 3.63) is 16.1 Å². The molecule has 0 radical (unpaired) electrons. The van der Waals surface area contributed by atoms with E-state index in [1.165, 1.54) is 4.90 Å². The van der Waals surface area contributed by atoms with Crippen LogP contribution in [0.1, 0.15) is 15.5 Å². The monoisotopic (exact) mass is 228 g/mol. The molecule has 1 aromatic rings. The fraction of sp³-hybridized carbons (Fsp3) is 0.375. The third kappa shape index (κ3) is 2.07. The Kier molecular flexibility index (Phi) is 2.55. The lowest BCUT2D eigenvalue weighted by Gasteiger charge is -2.09. The number of aromatic nitrogens is 1. The van der Waals surface area contributed by atoms with Crippen LogP contribution in [-0.2, 0) is 11.3 Å². The molecule has 0 atom stereocenters. The van der Waals surface area contributed by atoms with Crippen LogP contribution >= 0.6 is 11.3 Å². The molecular formula is C8H8N2O4S. The minimum Gasteiger partial charge on any atom is -0.476 e. The standard InChI is InChI=1S/C8H8N2O4S/c11-7(12)6-9-5(4-15-6)3-10-1-2-14-8(10)13/h4H,1-3H2,(H,11,12). The maximum Gasteiger partial charge on any atom is 0.410 e. The van der Waals surface area contributed by atoms with E-state index in [2.05, 4.69) is 4.98 Å². The highest BCUT2D eigenvalue weighted by molar-refractivity contribution is 7.11. The number of ether oxygens (including phenoxy) is 1. The van der Waals surface area contributed by atoms with E-state index in [1.54, 1.807) is 5.38 Å². The normalized spacial score (nSPS) is 15.5. The molecular weight excluding hydrogens is 220 g/mol. The summed E-state index contributed by atoms with van der Waals surface area (Å²) in [4.78, 5) is 27.0. The molecule has 1 aliphatic heterocycles.